The average molecular weight is 270 g/mol. The van der Waals surface area contributed by atoms with Crippen molar-refractivity contribution in [2.24, 2.45) is 0 Å². The van der Waals surface area contributed by atoms with E-state index in [0.717, 1.165) is 0 Å². The molecule has 0 aliphatic heterocycles. The Kier molecular flexibility index (Phi) is 4.44. The lowest BCUT2D eigenvalue weighted by molar-refractivity contribution is -0.136. The molecule has 0 bridgehead atoms. The number of nitrogens with zero attached hydrogens (tertiary/aromatic N) is 1. The molecule has 1 heterocycles. The van der Waals surface area contributed by atoms with Gasteiger partial charge in [-0.3, -0.25) is 4.79 Å². The largest absolute Gasteiger partial charge is 0.481 e. The number of aliphatic carboxylic acids is 1. The highest BCUT2D eigenvalue weighted by Gasteiger charge is 2.18. The van der Waals surface area contributed by atoms with E-state index in [0.29, 0.717) is 0 Å². The fraction of sp³-hybridized carbons (Fsp3) is 0.333. The number of hydrogen-bond donors (Lipinski definition) is 1. The Morgan fingerprint density at radius 3 is 2.62 bits per heavy atom. The molecule has 1 aromatic heterocycles. The Bertz CT molecular complexity index is 413. The quantitative estimate of drug-likeness (QED) is 0.855. The van der Waals surface area contributed by atoms with E-state index < -0.39 is 24.5 Å². The summed E-state index contributed by atoms with van der Waals surface area (Å²) in [5.41, 5.74) is -0.496. The molecule has 0 saturated heterocycles. The monoisotopic (exact) mass is 269 g/mol. The van der Waals surface area contributed by atoms with Gasteiger partial charge in [-0.25, -0.2) is 13.8 Å². The average Bonchev–Trinajstić information content (AvgIpc) is 2.19. The van der Waals surface area contributed by atoms with Gasteiger partial charge in [-0.1, -0.05) is 11.6 Å². The zero-order valence-corrected chi connectivity index (χ0v) is 9.40. The molecule has 0 spiro atoms. The summed E-state index contributed by atoms with van der Waals surface area (Å²) < 4.78 is 25.1. The van der Waals surface area contributed by atoms with Gasteiger partial charge in [0.25, 0.3) is 6.43 Å². The van der Waals surface area contributed by atoms with Crippen LogP contribution in [0.3, 0.4) is 0 Å². The number of carboxylic acids is 1. The van der Waals surface area contributed by atoms with E-state index in [1.54, 1.807) is 0 Å². The summed E-state index contributed by atoms with van der Waals surface area (Å²) >= 11 is 11.2. The van der Waals surface area contributed by atoms with Gasteiger partial charge in [-0.2, -0.15) is 0 Å². The van der Waals surface area contributed by atoms with Crippen molar-refractivity contribution in [3.8, 4) is 0 Å². The third-order valence-corrected chi connectivity index (χ3v) is 2.45. The molecule has 7 heteroatoms. The van der Waals surface area contributed by atoms with Crippen molar-refractivity contribution in [1.82, 2.24) is 4.98 Å². The van der Waals surface area contributed by atoms with Crippen LogP contribution in [0.2, 0.25) is 5.02 Å². The fourth-order valence-corrected chi connectivity index (χ4v) is 1.60. The van der Waals surface area contributed by atoms with Gasteiger partial charge in [0, 0.05) is 5.88 Å². The van der Waals surface area contributed by atoms with E-state index >= 15 is 0 Å². The number of rotatable bonds is 4. The second-order valence-electron chi connectivity index (χ2n) is 2.97. The van der Waals surface area contributed by atoms with Crippen molar-refractivity contribution in [3.05, 3.63) is 28.0 Å². The maximum absolute atomic E-state index is 12.6. The molecule has 0 aliphatic rings. The maximum Gasteiger partial charge on any atom is 0.309 e. The zero-order valence-electron chi connectivity index (χ0n) is 7.88. The van der Waals surface area contributed by atoms with Gasteiger partial charge in [0.1, 0.15) is 5.69 Å². The van der Waals surface area contributed by atoms with Gasteiger partial charge in [-0.15, -0.1) is 11.6 Å². The summed E-state index contributed by atoms with van der Waals surface area (Å²) in [4.78, 5) is 14.0. The molecular formula is C9H7Cl2F2NO2. The number of hydrogen-bond acceptors (Lipinski definition) is 2. The molecule has 0 aromatic carbocycles. The molecule has 0 saturated carbocycles. The highest BCUT2D eigenvalue weighted by Crippen LogP contribution is 2.27. The molecule has 0 unspecified atom stereocenters. The first-order chi connectivity index (χ1) is 7.45. The van der Waals surface area contributed by atoms with Gasteiger partial charge in [0.2, 0.25) is 0 Å². The first kappa shape index (κ1) is 13.1. The van der Waals surface area contributed by atoms with Crippen molar-refractivity contribution >= 4 is 29.2 Å². The van der Waals surface area contributed by atoms with Crippen molar-refractivity contribution in [2.45, 2.75) is 18.7 Å². The van der Waals surface area contributed by atoms with E-state index in [1.165, 1.54) is 6.07 Å². The first-order valence-electron chi connectivity index (χ1n) is 4.19. The standard InChI is InChI=1S/C9H7Cl2F2NO2/c10-3-4-1-5(11)6(2-7(15)16)14-8(4)9(12)13/h1,9H,2-3H2,(H,15,16). The Morgan fingerprint density at radius 2 is 2.19 bits per heavy atom. The highest BCUT2D eigenvalue weighted by molar-refractivity contribution is 6.31. The molecule has 0 fully saturated rings. The van der Waals surface area contributed by atoms with Gasteiger partial charge >= 0.3 is 5.97 Å². The predicted octanol–water partition coefficient (Wildman–Crippen LogP) is 3.04. The number of carbonyl (C=O) groups is 1. The van der Waals surface area contributed by atoms with Gasteiger partial charge in [0.05, 0.1) is 17.1 Å². The fourth-order valence-electron chi connectivity index (χ4n) is 1.14. The lowest BCUT2D eigenvalue weighted by atomic mass is 10.1. The summed E-state index contributed by atoms with van der Waals surface area (Å²) in [5.74, 6) is -1.34. The Hall–Kier alpha value is -0.940. The third kappa shape index (κ3) is 3.02. The van der Waals surface area contributed by atoms with Crippen LogP contribution in [-0.4, -0.2) is 16.1 Å². The van der Waals surface area contributed by atoms with Crippen LogP contribution >= 0.6 is 23.2 Å². The van der Waals surface area contributed by atoms with Crippen LogP contribution in [0.5, 0.6) is 0 Å². The molecule has 0 amide bonds. The minimum atomic E-state index is -2.81. The van der Waals surface area contributed by atoms with Crippen molar-refractivity contribution in [3.63, 3.8) is 0 Å². The van der Waals surface area contributed by atoms with Crippen LogP contribution in [0.15, 0.2) is 6.07 Å². The number of alkyl halides is 3. The summed E-state index contributed by atoms with van der Waals surface area (Å²) in [6, 6.07) is 1.22. The molecule has 0 radical (unpaired) electrons. The second-order valence-corrected chi connectivity index (χ2v) is 3.64. The zero-order chi connectivity index (χ0) is 12.3. The lowest BCUT2D eigenvalue weighted by Gasteiger charge is -2.09. The van der Waals surface area contributed by atoms with Crippen LogP contribution < -0.4 is 0 Å². The van der Waals surface area contributed by atoms with Crippen LogP contribution in [0, 0.1) is 0 Å². The van der Waals surface area contributed by atoms with Crippen LogP contribution in [0.1, 0.15) is 23.4 Å². The second kappa shape index (κ2) is 5.41. The normalized spacial score (nSPS) is 10.8. The number of pyridine rings is 1. The summed E-state index contributed by atoms with van der Waals surface area (Å²) in [6.45, 7) is 0. The maximum atomic E-state index is 12.6. The van der Waals surface area contributed by atoms with E-state index in [9.17, 15) is 13.6 Å². The molecule has 1 aromatic rings. The molecule has 0 aliphatic carbocycles. The summed E-state index contributed by atoms with van der Waals surface area (Å²) in [7, 11) is 0. The lowest BCUT2D eigenvalue weighted by Crippen LogP contribution is -2.07. The summed E-state index contributed by atoms with van der Waals surface area (Å²) in [5, 5.41) is 8.57. The molecule has 16 heavy (non-hydrogen) atoms. The Morgan fingerprint density at radius 1 is 1.56 bits per heavy atom. The Balaban J connectivity index is 3.21. The molecule has 1 rings (SSSR count). The SMILES string of the molecule is O=C(O)Cc1nc(C(F)F)c(CCl)cc1Cl. The van der Waals surface area contributed by atoms with Crippen LogP contribution in [0.4, 0.5) is 8.78 Å². The number of carboxylic acid groups (broad SMARTS) is 1. The van der Waals surface area contributed by atoms with Gasteiger partial charge in [-0.05, 0) is 11.6 Å². The van der Waals surface area contributed by atoms with Crippen molar-refractivity contribution in [1.29, 1.82) is 0 Å². The topological polar surface area (TPSA) is 50.2 Å². The van der Waals surface area contributed by atoms with Crippen molar-refractivity contribution in [2.75, 3.05) is 0 Å². The number of aromatic nitrogens is 1. The molecule has 1 N–H and O–H groups in total. The van der Waals surface area contributed by atoms with E-state index in [2.05, 4.69) is 4.98 Å². The Labute approximate surface area is 100 Å². The predicted molar refractivity (Wildman–Crippen MR) is 55.1 cm³/mol. The minimum Gasteiger partial charge on any atom is -0.481 e. The first-order valence-corrected chi connectivity index (χ1v) is 5.11. The van der Waals surface area contributed by atoms with Gasteiger partial charge < -0.3 is 5.11 Å². The van der Waals surface area contributed by atoms with Gasteiger partial charge in [0.15, 0.2) is 0 Å². The van der Waals surface area contributed by atoms with E-state index in [-0.39, 0.29) is 22.2 Å². The van der Waals surface area contributed by atoms with Crippen LogP contribution in [0.25, 0.3) is 0 Å². The minimum absolute atomic E-state index is 0.0300. The summed E-state index contributed by atoms with van der Waals surface area (Å²) in [6.07, 6.45) is -3.31. The molecule has 3 nitrogen and oxygen atoms in total. The van der Waals surface area contributed by atoms with Crippen molar-refractivity contribution < 1.29 is 18.7 Å². The van der Waals surface area contributed by atoms with Crippen LogP contribution in [-0.2, 0) is 17.1 Å². The number of halogens is 4. The molecule has 88 valence electrons. The molecule has 0 atom stereocenters. The smallest absolute Gasteiger partial charge is 0.309 e. The van der Waals surface area contributed by atoms with E-state index in [4.69, 9.17) is 28.3 Å². The highest BCUT2D eigenvalue weighted by atomic mass is 35.5. The van der Waals surface area contributed by atoms with E-state index in [1.807, 2.05) is 0 Å². The third-order valence-electron chi connectivity index (χ3n) is 1.83. The molecular weight excluding hydrogens is 263 g/mol.